The monoisotopic (exact) mass is 226 g/mol. The number of ether oxygens (including phenoxy) is 1. The topological polar surface area (TPSA) is 47.3 Å². The van der Waals surface area contributed by atoms with Crippen LogP contribution in [0.2, 0.25) is 0 Å². The molecule has 1 unspecified atom stereocenters. The summed E-state index contributed by atoms with van der Waals surface area (Å²) in [6, 6.07) is 0.551. The van der Waals surface area contributed by atoms with Crippen molar-refractivity contribution in [3.63, 3.8) is 0 Å². The maximum absolute atomic E-state index is 5.69. The highest BCUT2D eigenvalue weighted by Crippen LogP contribution is 2.37. The van der Waals surface area contributed by atoms with Crippen LogP contribution >= 0.6 is 0 Å². The Morgan fingerprint density at radius 2 is 2.00 bits per heavy atom. The predicted molar refractivity (Wildman–Crippen MR) is 65.8 cm³/mol. The van der Waals surface area contributed by atoms with E-state index in [0.29, 0.717) is 12.1 Å². The van der Waals surface area contributed by atoms with E-state index in [1.54, 1.807) is 0 Å². The second-order valence-electron chi connectivity index (χ2n) is 5.47. The van der Waals surface area contributed by atoms with Crippen molar-refractivity contribution in [1.82, 2.24) is 5.43 Å². The van der Waals surface area contributed by atoms with Gasteiger partial charge >= 0.3 is 0 Å². The summed E-state index contributed by atoms with van der Waals surface area (Å²) in [5, 5.41) is 0. The van der Waals surface area contributed by atoms with E-state index in [1.165, 1.54) is 44.9 Å². The van der Waals surface area contributed by atoms with Crippen molar-refractivity contribution in [2.75, 3.05) is 6.61 Å². The zero-order chi connectivity index (χ0) is 11.4. The highest BCUT2D eigenvalue weighted by atomic mass is 16.5. The zero-order valence-electron chi connectivity index (χ0n) is 10.5. The van der Waals surface area contributed by atoms with Gasteiger partial charge in [0, 0.05) is 12.6 Å². The van der Waals surface area contributed by atoms with E-state index >= 15 is 0 Å². The molecule has 3 N–H and O–H groups in total. The molecule has 2 saturated carbocycles. The Balaban J connectivity index is 1.67. The first-order valence-corrected chi connectivity index (χ1v) is 6.91. The van der Waals surface area contributed by atoms with Gasteiger partial charge in [0.1, 0.15) is 0 Å². The van der Waals surface area contributed by atoms with E-state index in [9.17, 15) is 0 Å². The molecule has 2 fully saturated rings. The van der Waals surface area contributed by atoms with Gasteiger partial charge in [0.25, 0.3) is 0 Å². The fourth-order valence-corrected chi connectivity index (χ4v) is 3.35. The Morgan fingerprint density at radius 3 is 2.56 bits per heavy atom. The minimum Gasteiger partial charge on any atom is -0.378 e. The maximum Gasteiger partial charge on any atom is 0.0580 e. The van der Waals surface area contributed by atoms with E-state index < -0.39 is 0 Å². The highest BCUT2D eigenvalue weighted by molar-refractivity contribution is 4.87. The molecule has 0 spiro atoms. The number of hydrogen-bond donors (Lipinski definition) is 2. The first kappa shape index (κ1) is 12.3. The van der Waals surface area contributed by atoms with Gasteiger partial charge in [0.15, 0.2) is 0 Å². The molecule has 0 radical (unpaired) electrons. The van der Waals surface area contributed by atoms with Crippen LogP contribution in [0.1, 0.15) is 51.9 Å². The lowest BCUT2D eigenvalue weighted by Gasteiger charge is -2.38. The fraction of sp³-hybridized carbons (Fsp3) is 1.00. The molecule has 3 heteroatoms. The van der Waals surface area contributed by atoms with Gasteiger partial charge in [0.05, 0.1) is 6.10 Å². The molecule has 3 nitrogen and oxygen atoms in total. The molecule has 0 aromatic rings. The molecule has 0 heterocycles. The minimum atomic E-state index is 0.539. The molecule has 0 saturated heterocycles. The molecule has 0 amide bonds. The van der Waals surface area contributed by atoms with Gasteiger partial charge in [-0.05, 0) is 50.9 Å². The van der Waals surface area contributed by atoms with Crippen LogP contribution in [0.4, 0.5) is 0 Å². The third-order valence-corrected chi connectivity index (χ3v) is 4.37. The summed E-state index contributed by atoms with van der Waals surface area (Å²) in [6.45, 7) is 2.94. The maximum atomic E-state index is 5.69. The van der Waals surface area contributed by atoms with Crippen molar-refractivity contribution in [3.05, 3.63) is 0 Å². The standard InChI is InChI=1S/C13H26N2O/c1-2-16-12-7-10(8-12)9-13(15-14)11-5-3-4-6-11/h10-13,15H,2-9,14H2,1H3. The van der Waals surface area contributed by atoms with Gasteiger partial charge in [-0.3, -0.25) is 11.3 Å². The van der Waals surface area contributed by atoms with Crippen molar-refractivity contribution in [3.8, 4) is 0 Å². The van der Waals surface area contributed by atoms with Crippen LogP contribution in [0.5, 0.6) is 0 Å². The van der Waals surface area contributed by atoms with E-state index in [0.717, 1.165) is 18.4 Å². The molecule has 16 heavy (non-hydrogen) atoms. The Bertz CT molecular complexity index is 198. The predicted octanol–water partition coefficient (Wildman–Crippen LogP) is 2.21. The summed E-state index contributed by atoms with van der Waals surface area (Å²) >= 11 is 0. The quantitative estimate of drug-likeness (QED) is 0.539. The number of hydrogen-bond acceptors (Lipinski definition) is 3. The lowest BCUT2D eigenvalue weighted by Crippen LogP contribution is -2.44. The molecule has 1 atom stereocenters. The van der Waals surface area contributed by atoms with Gasteiger partial charge in [-0.2, -0.15) is 0 Å². The average Bonchev–Trinajstić information content (AvgIpc) is 2.74. The van der Waals surface area contributed by atoms with Crippen LogP contribution in [-0.2, 0) is 4.74 Å². The van der Waals surface area contributed by atoms with Crippen LogP contribution in [-0.4, -0.2) is 18.8 Å². The SMILES string of the molecule is CCOC1CC(CC(NN)C2CCCC2)C1. The summed E-state index contributed by atoms with van der Waals surface area (Å²) in [5.41, 5.74) is 3.05. The van der Waals surface area contributed by atoms with Gasteiger partial charge in [0.2, 0.25) is 0 Å². The van der Waals surface area contributed by atoms with E-state index in [2.05, 4.69) is 12.3 Å². The largest absolute Gasteiger partial charge is 0.378 e. The van der Waals surface area contributed by atoms with Gasteiger partial charge < -0.3 is 4.74 Å². The molecule has 0 bridgehead atoms. The molecular formula is C13H26N2O. The Morgan fingerprint density at radius 1 is 1.31 bits per heavy atom. The van der Waals surface area contributed by atoms with Gasteiger partial charge in [-0.15, -0.1) is 0 Å². The highest BCUT2D eigenvalue weighted by Gasteiger charge is 2.34. The second-order valence-corrected chi connectivity index (χ2v) is 5.47. The normalized spacial score (nSPS) is 32.6. The first-order valence-electron chi connectivity index (χ1n) is 6.91. The number of hydrazine groups is 1. The van der Waals surface area contributed by atoms with E-state index in [-0.39, 0.29) is 0 Å². The summed E-state index contributed by atoms with van der Waals surface area (Å²) < 4.78 is 5.60. The first-order chi connectivity index (χ1) is 7.83. The van der Waals surface area contributed by atoms with E-state index in [1.807, 2.05) is 0 Å². The zero-order valence-corrected chi connectivity index (χ0v) is 10.5. The molecule has 2 aliphatic carbocycles. The Kier molecular flexibility index (Phi) is 4.62. The third-order valence-electron chi connectivity index (χ3n) is 4.37. The lowest BCUT2D eigenvalue weighted by molar-refractivity contribution is -0.0306. The van der Waals surface area contributed by atoms with Crippen LogP contribution < -0.4 is 11.3 Å². The molecular weight excluding hydrogens is 200 g/mol. The molecule has 0 aromatic heterocycles. The van der Waals surface area contributed by atoms with Crippen molar-refractivity contribution >= 4 is 0 Å². The lowest BCUT2D eigenvalue weighted by atomic mass is 9.76. The number of nitrogens with one attached hydrogen (secondary N) is 1. The van der Waals surface area contributed by atoms with Crippen LogP contribution in [0, 0.1) is 11.8 Å². The molecule has 2 aliphatic rings. The molecule has 0 aliphatic heterocycles. The van der Waals surface area contributed by atoms with Crippen molar-refractivity contribution in [1.29, 1.82) is 0 Å². The average molecular weight is 226 g/mol. The summed E-state index contributed by atoms with van der Waals surface area (Å²) in [4.78, 5) is 0. The number of rotatable bonds is 6. The van der Waals surface area contributed by atoms with E-state index in [4.69, 9.17) is 10.6 Å². The summed E-state index contributed by atoms with van der Waals surface area (Å²) in [6.07, 6.45) is 9.83. The van der Waals surface area contributed by atoms with Crippen molar-refractivity contribution in [2.24, 2.45) is 17.7 Å². The van der Waals surface area contributed by atoms with Crippen LogP contribution in [0.3, 0.4) is 0 Å². The van der Waals surface area contributed by atoms with Gasteiger partial charge in [-0.25, -0.2) is 0 Å². The smallest absolute Gasteiger partial charge is 0.0580 e. The van der Waals surface area contributed by atoms with Gasteiger partial charge in [-0.1, -0.05) is 12.8 Å². The number of nitrogens with two attached hydrogens (primary N) is 1. The third kappa shape index (κ3) is 2.96. The molecule has 0 aromatic carbocycles. The van der Waals surface area contributed by atoms with Crippen molar-refractivity contribution < 1.29 is 4.74 Å². The summed E-state index contributed by atoms with van der Waals surface area (Å²) in [5.74, 6) is 7.37. The van der Waals surface area contributed by atoms with Crippen molar-refractivity contribution in [2.45, 2.75) is 64.0 Å². The summed E-state index contributed by atoms with van der Waals surface area (Å²) in [7, 11) is 0. The molecule has 94 valence electrons. The van der Waals surface area contributed by atoms with Crippen LogP contribution in [0.15, 0.2) is 0 Å². The fourth-order valence-electron chi connectivity index (χ4n) is 3.35. The van der Waals surface area contributed by atoms with Crippen LogP contribution in [0.25, 0.3) is 0 Å². The minimum absolute atomic E-state index is 0.539. The Labute approximate surface area is 99.1 Å². The second kappa shape index (κ2) is 5.99. The Hall–Kier alpha value is -0.120. The molecule has 2 rings (SSSR count).